The summed E-state index contributed by atoms with van der Waals surface area (Å²) in [4.78, 5) is 12.8. The van der Waals surface area contributed by atoms with Gasteiger partial charge in [0.25, 0.3) is 0 Å². The molecule has 0 aliphatic heterocycles. The van der Waals surface area contributed by atoms with Gasteiger partial charge in [-0.15, -0.1) is 10.2 Å². The summed E-state index contributed by atoms with van der Waals surface area (Å²) < 4.78 is 0. The number of tetrazole rings is 1. The predicted octanol–water partition coefficient (Wildman–Crippen LogP) is 0.253. The molecule has 0 aromatic carbocycles. The number of aryl methyl sites for hydroxylation is 1. The third-order valence-corrected chi connectivity index (χ3v) is 3.87. The van der Waals surface area contributed by atoms with Crippen molar-refractivity contribution in [2.45, 2.75) is 25.7 Å². The van der Waals surface area contributed by atoms with Crippen molar-refractivity contribution in [2.75, 3.05) is 0 Å². The molecule has 1 heterocycles. The number of aromatic nitrogens is 4. The first-order valence-electron chi connectivity index (χ1n) is 5.55. The monoisotopic (exact) mass is 222 g/mol. The van der Waals surface area contributed by atoms with E-state index in [9.17, 15) is 9.90 Å². The fraction of sp³-hybridized carbons (Fsp3) is 0.800. The Bertz CT molecular complexity index is 432. The van der Waals surface area contributed by atoms with Gasteiger partial charge in [0, 0.05) is 6.42 Å². The fourth-order valence-corrected chi connectivity index (χ4v) is 2.99. The largest absolute Gasteiger partial charge is 0.481 e. The molecule has 0 spiro atoms. The first-order chi connectivity index (χ1) is 7.59. The van der Waals surface area contributed by atoms with E-state index in [0.717, 1.165) is 12.8 Å². The normalized spacial score (nSPS) is 36.1. The van der Waals surface area contributed by atoms with Gasteiger partial charge in [0.1, 0.15) is 0 Å². The summed E-state index contributed by atoms with van der Waals surface area (Å²) >= 11 is 0. The Balaban J connectivity index is 1.82. The van der Waals surface area contributed by atoms with Gasteiger partial charge in [-0.05, 0) is 36.3 Å². The number of hydrogen-bond donors (Lipinski definition) is 1. The summed E-state index contributed by atoms with van der Waals surface area (Å²) in [6.07, 6.45) is 3.20. The molecule has 2 atom stereocenters. The van der Waals surface area contributed by atoms with Crippen LogP contribution in [0.4, 0.5) is 0 Å². The minimum Gasteiger partial charge on any atom is -0.481 e. The van der Waals surface area contributed by atoms with Gasteiger partial charge in [0.05, 0.1) is 12.5 Å². The van der Waals surface area contributed by atoms with Gasteiger partial charge in [0.15, 0.2) is 5.82 Å². The number of fused-ring (bicyclic) bond motifs is 1. The van der Waals surface area contributed by atoms with E-state index in [4.69, 9.17) is 0 Å². The Morgan fingerprint density at radius 1 is 1.56 bits per heavy atom. The molecule has 1 N–H and O–H groups in total. The number of carboxylic acids is 1. The summed E-state index contributed by atoms with van der Waals surface area (Å²) in [6.45, 7) is 0. The molecule has 0 amide bonds. The maximum absolute atomic E-state index is 11.4. The van der Waals surface area contributed by atoms with E-state index in [0.29, 0.717) is 24.1 Å². The van der Waals surface area contributed by atoms with Crippen LogP contribution < -0.4 is 0 Å². The average molecular weight is 222 g/mol. The highest BCUT2D eigenvalue weighted by Crippen LogP contribution is 2.60. The van der Waals surface area contributed by atoms with E-state index in [1.807, 2.05) is 0 Å². The number of carbonyl (C=O) groups is 1. The quantitative estimate of drug-likeness (QED) is 0.793. The number of hydrogen-bond acceptors (Lipinski definition) is 4. The molecule has 2 unspecified atom stereocenters. The minimum absolute atomic E-state index is 0.420. The first-order valence-corrected chi connectivity index (χ1v) is 5.55. The molecule has 1 aromatic heterocycles. The van der Waals surface area contributed by atoms with Gasteiger partial charge in [-0.25, -0.2) is 0 Å². The summed E-state index contributed by atoms with van der Waals surface area (Å²) in [5.74, 6) is 1.11. The summed E-state index contributed by atoms with van der Waals surface area (Å²) in [5, 5.41) is 21.1. The molecule has 0 bridgehead atoms. The number of nitrogens with zero attached hydrogens (tertiary/aromatic N) is 4. The van der Waals surface area contributed by atoms with Crippen LogP contribution in [0.2, 0.25) is 0 Å². The van der Waals surface area contributed by atoms with Crippen molar-refractivity contribution >= 4 is 5.97 Å². The summed E-state index contributed by atoms with van der Waals surface area (Å²) in [6, 6.07) is 0. The lowest BCUT2D eigenvalue weighted by molar-refractivity contribution is -0.149. The van der Waals surface area contributed by atoms with Crippen LogP contribution in [0, 0.1) is 17.3 Å². The molecular formula is C10H14N4O2. The number of carboxylic acid groups (broad SMARTS) is 1. The summed E-state index contributed by atoms with van der Waals surface area (Å²) in [5.41, 5.74) is -0.628. The lowest BCUT2D eigenvalue weighted by Gasteiger charge is -2.23. The standard InChI is InChI=1S/C10H14N4O2/c1-14-12-8(11-13-14)5-10(9(15)16)3-6-2-7(6)4-10/h6-7H,2-5H2,1H3,(H,15,16). The van der Waals surface area contributed by atoms with Crippen molar-refractivity contribution in [3.8, 4) is 0 Å². The first kappa shape index (κ1) is 9.74. The zero-order valence-corrected chi connectivity index (χ0v) is 9.13. The van der Waals surface area contributed by atoms with Crippen LogP contribution in [0.1, 0.15) is 25.1 Å². The van der Waals surface area contributed by atoms with Crippen LogP contribution in [0.25, 0.3) is 0 Å². The Morgan fingerprint density at radius 2 is 2.25 bits per heavy atom. The van der Waals surface area contributed by atoms with Crippen LogP contribution in [0.3, 0.4) is 0 Å². The lowest BCUT2D eigenvalue weighted by atomic mass is 9.79. The van der Waals surface area contributed by atoms with Crippen LogP contribution in [-0.2, 0) is 18.3 Å². The highest BCUT2D eigenvalue weighted by molar-refractivity contribution is 5.75. The second-order valence-corrected chi connectivity index (χ2v) is 5.12. The topological polar surface area (TPSA) is 80.9 Å². The van der Waals surface area contributed by atoms with Crippen LogP contribution in [0.5, 0.6) is 0 Å². The molecule has 2 aliphatic carbocycles. The molecule has 1 aromatic rings. The Kier molecular flexibility index (Phi) is 1.84. The maximum atomic E-state index is 11.4. The van der Waals surface area contributed by atoms with Gasteiger partial charge in [-0.2, -0.15) is 4.80 Å². The molecule has 0 radical (unpaired) electrons. The highest BCUT2D eigenvalue weighted by atomic mass is 16.4. The van der Waals surface area contributed by atoms with Crippen molar-refractivity contribution < 1.29 is 9.90 Å². The Hall–Kier alpha value is -1.46. The lowest BCUT2D eigenvalue weighted by Crippen LogP contribution is -2.32. The number of rotatable bonds is 3. The zero-order chi connectivity index (χ0) is 11.3. The van der Waals surface area contributed by atoms with Gasteiger partial charge < -0.3 is 5.11 Å². The van der Waals surface area contributed by atoms with E-state index >= 15 is 0 Å². The third-order valence-electron chi connectivity index (χ3n) is 3.87. The molecule has 16 heavy (non-hydrogen) atoms. The SMILES string of the molecule is Cn1nnc(CC2(C(=O)O)CC3CC3C2)n1. The summed E-state index contributed by atoms with van der Waals surface area (Å²) in [7, 11) is 1.69. The van der Waals surface area contributed by atoms with Crippen LogP contribution >= 0.6 is 0 Å². The smallest absolute Gasteiger partial charge is 0.310 e. The van der Waals surface area contributed by atoms with Gasteiger partial charge in [-0.3, -0.25) is 4.79 Å². The molecule has 86 valence electrons. The molecule has 3 rings (SSSR count). The second kappa shape index (κ2) is 3.02. The van der Waals surface area contributed by atoms with Crippen molar-refractivity contribution in [3.05, 3.63) is 5.82 Å². The van der Waals surface area contributed by atoms with Gasteiger partial charge >= 0.3 is 5.97 Å². The molecule has 2 fully saturated rings. The maximum Gasteiger partial charge on any atom is 0.310 e. The van der Waals surface area contributed by atoms with Crippen LogP contribution in [-0.4, -0.2) is 31.3 Å². The van der Waals surface area contributed by atoms with Crippen LogP contribution in [0.15, 0.2) is 0 Å². The van der Waals surface area contributed by atoms with Crippen molar-refractivity contribution in [2.24, 2.45) is 24.3 Å². The van der Waals surface area contributed by atoms with E-state index in [-0.39, 0.29) is 0 Å². The van der Waals surface area contributed by atoms with E-state index < -0.39 is 11.4 Å². The molecule has 2 aliphatic rings. The second-order valence-electron chi connectivity index (χ2n) is 5.12. The van der Waals surface area contributed by atoms with E-state index in [1.54, 1.807) is 7.05 Å². The Labute approximate surface area is 92.6 Å². The van der Waals surface area contributed by atoms with E-state index in [2.05, 4.69) is 15.4 Å². The molecular weight excluding hydrogens is 208 g/mol. The van der Waals surface area contributed by atoms with Crippen molar-refractivity contribution in [1.29, 1.82) is 0 Å². The molecule has 6 heteroatoms. The Morgan fingerprint density at radius 3 is 2.75 bits per heavy atom. The van der Waals surface area contributed by atoms with Gasteiger partial charge in [0.2, 0.25) is 0 Å². The minimum atomic E-state index is -0.702. The molecule has 2 saturated carbocycles. The predicted molar refractivity (Wildman–Crippen MR) is 53.4 cm³/mol. The van der Waals surface area contributed by atoms with E-state index in [1.165, 1.54) is 11.2 Å². The van der Waals surface area contributed by atoms with Crippen molar-refractivity contribution in [3.63, 3.8) is 0 Å². The fourth-order valence-electron chi connectivity index (χ4n) is 2.99. The third kappa shape index (κ3) is 1.40. The highest BCUT2D eigenvalue weighted by Gasteiger charge is 2.57. The average Bonchev–Trinajstić information content (AvgIpc) is 2.65. The molecule has 0 saturated heterocycles. The number of aliphatic carboxylic acids is 1. The zero-order valence-electron chi connectivity index (χ0n) is 9.13. The molecule has 6 nitrogen and oxygen atoms in total. The van der Waals surface area contributed by atoms with Gasteiger partial charge in [-0.1, -0.05) is 0 Å². The van der Waals surface area contributed by atoms with Crippen molar-refractivity contribution in [1.82, 2.24) is 20.2 Å².